The number of amides is 2. The molecule has 0 saturated heterocycles. The van der Waals surface area contributed by atoms with Gasteiger partial charge in [0.05, 0.1) is 0 Å². The summed E-state index contributed by atoms with van der Waals surface area (Å²) in [5.41, 5.74) is 1.25. The van der Waals surface area contributed by atoms with Crippen LogP contribution in [-0.4, -0.2) is 29.3 Å². The third-order valence-electron chi connectivity index (χ3n) is 3.23. The molecule has 1 aromatic carbocycles. The van der Waals surface area contributed by atoms with Gasteiger partial charge in [0.1, 0.15) is 0 Å². The molecule has 0 N–H and O–H groups in total. The van der Waals surface area contributed by atoms with Crippen molar-refractivity contribution in [2.24, 2.45) is 5.92 Å². The van der Waals surface area contributed by atoms with E-state index in [0.29, 0.717) is 17.9 Å². The average Bonchev–Trinajstić information content (AvgIpc) is 2.51. The predicted octanol–water partition coefficient (Wildman–Crippen LogP) is 2.68. The number of hydrogen-bond acceptors (Lipinski definition) is 4. The van der Waals surface area contributed by atoms with Crippen molar-refractivity contribution in [3.8, 4) is 5.75 Å². The molecule has 22 heavy (non-hydrogen) atoms. The van der Waals surface area contributed by atoms with E-state index in [4.69, 9.17) is 9.47 Å². The first-order valence-corrected chi connectivity index (χ1v) is 8.22. The second kappa shape index (κ2) is 7.14. The van der Waals surface area contributed by atoms with E-state index in [1.54, 1.807) is 12.1 Å². The zero-order valence-corrected chi connectivity index (χ0v) is 14.6. The molecule has 1 heterocycles. The van der Waals surface area contributed by atoms with E-state index in [-0.39, 0.29) is 18.4 Å². The van der Waals surface area contributed by atoms with E-state index >= 15 is 0 Å². The van der Waals surface area contributed by atoms with Crippen LogP contribution < -0.4 is 9.64 Å². The van der Waals surface area contributed by atoms with Crippen LogP contribution in [0.3, 0.4) is 0 Å². The number of hydrogen-bond donors (Lipinski definition) is 0. The Kier molecular flexibility index (Phi) is 5.46. The summed E-state index contributed by atoms with van der Waals surface area (Å²) >= 11 is 2.41. The standard InChI is InChI=1S/C16H19NO4.Ru/c1-5-13-15(18)17(16(19)20-9-10(2)3)12-8-6-7-11(4)14(12)21-13;/h4,6-8,10,13H,5,9H2,1-3H3;/q;+1. The van der Waals surface area contributed by atoms with Gasteiger partial charge in [-0.3, -0.25) is 0 Å². The monoisotopic (exact) mass is 391 g/mol. The van der Waals surface area contributed by atoms with Gasteiger partial charge >= 0.3 is 139 Å². The van der Waals surface area contributed by atoms with Crippen molar-refractivity contribution in [2.75, 3.05) is 11.5 Å². The number of carbonyl (C=O) groups excluding carboxylic acids is 2. The zero-order chi connectivity index (χ0) is 16.3. The molecule has 1 aliphatic heterocycles. The number of anilines is 1. The SMILES string of the molecule is CCC1Oc2c([CH]=[Ru+])cccc2N(C(=O)OCC(C)C)C1=O. The second-order valence-electron chi connectivity index (χ2n) is 5.46. The molecule has 5 nitrogen and oxygen atoms in total. The van der Waals surface area contributed by atoms with Gasteiger partial charge in [-0.15, -0.1) is 0 Å². The van der Waals surface area contributed by atoms with Crippen molar-refractivity contribution in [3.63, 3.8) is 0 Å². The van der Waals surface area contributed by atoms with Gasteiger partial charge < -0.3 is 0 Å². The minimum absolute atomic E-state index is 0.203. The molecule has 2 rings (SSSR count). The summed E-state index contributed by atoms with van der Waals surface area (Å²) in [4.78, 5) is 25.9. The third-order valence-corrected chi connectivity index (χ3v) is 3.77. The predicted molar refractivity (Wildman–Crippen MR) is 80.0 cm³/mol. The van der Waals surface area contributed by atoms with Crippen LogP contribution in [0, 0.1) is 5.92 Å². The Morgan fingerprint density at radius 1 is 1.50 bits per heavy atom. The van der Waals surface area contributed by atoms with E-state index in [2.05, 4.69) is 17.9 Å². The number of fused-ring (bicyclic) bond motifs is 1. The van der Waals surface area contributed by atoms with Crippen molar-refractivity contribution in [3.05, 3.63) is 23.8 Å². The van der Waals surface area contributed by atoms with Gasteiger partial charge in [0.2, 0.25) is 0 Å². The summed E-state index contributed by atoms with van der Waals surface area (Å²) in [5.74, 6) is 0.355. The molecule has 0 bridgehead atoms. The van der Waals surface area contributed by atoms with Crippen LogP contribution in [0.1, 0.15) is 32.8 Å². The van der Waals surface area contributed by atoms with E-state index in [0.717, 1.165) is 10.5 Å². The fourth-order valence-corrected chi connectivity index (χ4v) is 2.53. The van der Waals surface area contributed by atoms with E-state index in [1.165, 1.54) is 0 Å². The van der Waals surface area contributed by atoms with Crippen LogP contribution >= 0.6 is 0 Å². The molecule has 2 amide bonds. The number of rotatable bonds is 4. The zero-order valence-electron chi connectivity index (χ0n) is 12.8. The van der Waals surface area contributed by atoms with Gasteiger partial charge in [-0.25, -0.2) is 0 Å². The van der Waals surface area contributed by atoms with Crippen molar-refractivity contribution >= 4 is 22.3 Å². The third kappa shape index (κ3) is 3.27. The molecule has 0 radical (unpaired) electrons. The quantitative estimate of drug-likeness (QED) is 0.742. The topological polar surface area (TPSA) is 55.8 Å². The Hall–Kier alpha value is -1.55. The molecular weight excluding hydrogens is 371 g/mol. The van der Waals surface area contributed by atoms with Crippen LogP contribution in [0.15, 0.2) is 18.2 Å². The molecule has 119 valence electrons. The molecule has 0 spiro atoms. The van der Waals surface area contributed by atoms with Gasteiger partial charge in [-0.1, -0.05) is 0 Å². The van der Waals surface area contributed by atoms with Gasteiger partial charge in [0.25, 0.3) is 0 Å². The van der Waals surface area contributed by atoms with Crippen molar-refractivity contribution < 1.29 is 36.9 Å². The fraction of sp³-hybridized carbons (Fsp3) is 0.438. The molecule has 0 fully saturated rings. The maximum atomic E-state index is 12.5. The van der Waals surface area contributed by atoms with Crippen molar-refractivity contribution in [2.45, 2.75) is 33.3 Å². The minimum atomic E-state index is -0.674. The molecule has 1 aliphatic rings. The van der Waals surface area contributed by atoms with E-state index < -0.39 is 12.2 Å². The molecule has 0 aromatic heterocycles. The number of para-hydroxylation sites is 1. The van der Waals surface area contributed by atoms with Crippen LogP contribution in [-0.2, 0) is 27.4 Å². The molecule has 0 saturated carbocycles. The molecule has 1 atom stereocenters. The Morgan fingerprint density at radius 3 is 2.82 bits per heavy atom. The summed E-state index contributed by atoms with van der Waals surface area (Å²) < 4.78 is 12.8. The number of nitrogens with zero attached hydrogens (tertiary/aromatic N) is 1. The first kappa shape index (κ1) is 16.8. The summed E-state index contributed by atoms with van der Waals surface area (Å²) in [6.07, 6.45) is -0.839. The van der Waals surface area contributed by atoms with Crippen molar-refractivity contribution in [1.29, 1.82) is 0 Å². The Bertz CT molecular complexity index is 600. The summed E-state index contributed by atoms with van der Waals surface area (Å²) in [7, 11) is 0. The number of benzene rings is 1. The first-order valence-electron chi connectivity index (χ1n) is 7.22. The summed E-state index contributed by atoms with van der Waals surface area (Å²) in [5, 5.41) is 0. The maximum absolute atomic E-state index is 12.5. The molecule has 6 heteroatoms. The number of ether oxygens (including phenoxy) is 2. The van der Waals surface area contributed by atoms with Crippen LogP contribution in [0.5, 0.6) is 5.75 Å². The van der Waals surface area contributed by atoms with Crippen LogP contribution in [0.2, 0.25) is 0 Å². The molecule has 1 aromatic rings. The average molecular weight is 390 g/mol. The van der Waals surface area contributed by atoms with Gasteiger partial charge in [0.15, 0.2) is 0 Å². The Balaban J connectivity index is 2.42. The fourth-order valence-electron chi connectivity index (χ4n) is 2.13. The molecular formula is C16H19NO4Ru+. The molecule has 0 aliphatic carbocycles. The van der Waals surface area contributed by atoms with Gasteiger partial charge in [-0.2, -0.15) is 0 Å². The Labute approximate surface area is 139 Å². The first-order chi connectivity index (χ1) is 10.5. The number of carbonyl (C=O) groups is 2. The van der Waals surface area contributed by atoms with E-state index in [9.17, 15) is 9.59 Å². The number of imide groups is 1. The normalized spacial score (nSPS) is 17.0. The second-order valence-corrected chi connectivity index (χ2v) is 5.96. The van der Waals surface area contributed by atoms with Crippen LogP contribution in [0.4, 0.5) is 10.5 Å². The summed E-state index contributed by atoms with van der Waals surface area (Å²) in [6.45, 7) is 6.00. The summed E-state index contributed by atoms with van der Waals surface area (Å²) in [6, 6.07) is 5.34. The van der Waals surface area contributed by atoms with Crippen LogP contribution in [0.25, 0.3) is 0 Å². The van der Waals surface area contributed by atoms with Gasteiger partial charge in [0, 0.05) is 0 Å². The Morgan fingerprint density at radius 2 is 2.23 bits per heavy atom. The van der Waals surface area contributed by atoms with Crippen molar-refractivity contribution in [1.82, 2.24) is 0 Å². The van der Waals surface area contributed by atoms with E-state index in [1.807, 2.05) is 31.4 Å². The molecule has 1 unspecified atom stereocenters. The van der Waals surface area contributed by atoms with Gasteiger partial charge in [-0.05, 0) is 0 Å².